The zero-order valence-electron chi connectivity index (χ0n) is 15.0. The maximum atomic E-state index is 14.2. The van der Waals surface area contributed by atoms with Crippen LogP contribution in [0.25, 0.3) is 0 Å². The molecule has 0 atom stereocenters. The molecule has 1 aromatic carbocycles. The molecule has 6 bridgehead atoms. The minimum atomic E-state index is -0.449. The number of nitrogens with one attached hydrogen (secondary N) is 2. The number of halogens is 1. The lowest BCUT2D eigenvalue weighted by Gasteiger charge is -2.29. The number of benzene rings is 1. The predicted molar refractivity (Wildman–Crippen MR) is 102 cm³/mol. The first-order chi connectivity index (χ1) is 13.3. The monoisotopic (exact) mass is 370 g/mol. The summed E-state index contributed by atoms with van der Waals surface area (Å²) in [7, 11) is 0. The molecular formula is C20H23FN4O2. The fourth-order valence-electron chi connectivity index (χ4n) is 3.36. The maximum Gasteiger partial charge on any atom is 0.229 e. The number of rotatable bonds is 0. The van der Waals surface area contributed by atoms with Crippen LogP contribution in [-0.2, 0) is 4.74 Å². The Balaban J connectivity index is 1.58. The van der Waals surface area contributed by atoms with E-state index in [-0.39, 0.29) is 18.0 Å². The fourth-order valence-corrected chi connectivity index (χ4v) is 3.36. The minimum Gasteiger partial charge on any atom is -0.489 e. The summed E-state index contributed by atoms with van der Waals surface area (Å²) in [5, 5.41) is 6.34. The van der Waals surface area contributed by atoms with Crippen molar-refractivity contribution in [2.24, 2.45) is 0 Å². The summed E-state index contributed by atoms with van der Waals surface area (Å²) in [6, 6.07) is 7.69. The normalized spacial score (nSPS) is 23.9. The molecule has 2 N–H and O–H groups in total. The highest BCUT2D eigenvalue weighted by Crippen LogP contribution is 2.26. The van der Waals surface area contributed by atoms with Crippen molar-refractivity contribution in [2.45, 2.75) is 37.8 Å². The van der Waals surface area contributed by atoms with Crippen LogP contribution < -0.4 is 15.4 Å². The molecule has 3 aliphatic rings. The zero-order chi connectivity index (χ0) is 18.5. The van der Waals surface area contributed by atoms with Crippen molar-refractivity contribution in [1.82, 2.24) is 9.97 Å². The second-order valence-electron chi connectivity index (χ2n) is 6.78. The van der Waals surface area contributed by atoms with Gasteiger partial charge in [-0.25, -0.2) is 9.37 Å². The molecule has 27 heavy (non-hydrogen) atoms. The van der Waals surface area contributed by atoms with E-state index in [1.165, 1.54) is 6.20 Å². The van der Waals surface area contributed by atoms with Crippen LogP contribution in [0.5, 0.6) is 5.75 Å². The van der Waals surface area contributed by atoms with Crippen molar-refractivity contribution in [3.8, 4) is 5.75 Å². The third kappa shape index (κ3) is 4.74. The van der Waals surface area contributed by atoms with Crippen LogP contribution in [0.3, 0.4) is 0 Å². The summed E-state index contributed by atoms with van der Waals surface area (Å²) in [4.78, 5) is 8.36. The van der Waals surface area contributed by atoms with Gasteiger partial charge in [0.2, 0.25) is 5.95 Å². The van der Waals surface area contributed by atoms with Gasteiger partial charge in [0.25, 0.3) is 0 Å². The lowest BCUT2D eigenvalue weighted by molar-refractivity contribution is 0.0440. The van der Waals surface area contributed by atoms with Crippen molar-refractivity contribution in [1.29, 1.82) is 0 Å². The lowest BCUT2D eigenvalue weighted by atomic mass is 9.93. The first-order valence-electron chi connectivity index (χ1n) is 9.32. The molecule has 0 unspecified atom stereocenters. The number of ether oxygens (including phenoxy) is 2. The smallest absolute Gasteiger partial charge is 0.229 e. The van der Waals surface area contributed by atoms with Gasteiger partial charge < -0.3 is 20.1 Å². The lowest BCUT2D eigenvalue weighted by Crippen LogP contribution is -2.30. The van der Waals surface area contributed by atoms with E-state index >= 15 is 0 Å². The van der Waals surface area contributed by atoms with Gasteiger partial charge in [-0.2, -0.15) is 4.98 Å². The number of nitrogens with zero attached hydrogens (tertiary/aromatic N) is 2. The van der Waals surface area contributed by atoms with Gasteiger partial charge in [0, 0.05) is 17.8 Å². The van der Waals surface area contributed by atoms with E-state index in [0.717, 1.165) is 37.1 Å². The average Bonchev–Trinajstić information content (AvgIpc) is 2.68. The van der Waals surface area contributed by atoms with Crippen LogP contribution in [0.1, 0.15) is 25.7 Å². The Bertz CT molecular complexity index is 806. The van der Waals surface area contributed by atoms with Gasteiger partial charge in [0.1, 0.15) is 12.4 Å². The summed E-state index contributed by atoms with van der Waals surface area (Å²) < 4.78 is 25.8. The molecular weight excluding hydrogens is 347 g/mol. The van der Waals surface area contributed by atoms with E-state index in [4.69, 9.17) is 9.47 Å². The Hall–Kier alpha value is -2.67. The van der Waals surface area contributed by atoms with Gasteiger partial charge in [0.05, 0.1) is 18.9 Å². The van der Waals surface area contributed by atoms with Crippen LogP contribution in [0.2, 0.25) is 0 Å². The zero-order valence-corrected chi connectivity index (χ0v) is 15.0. The number of aromatic nitrogens is 2. The second-order valence-corrected chi connectivity index (χ2v) is 6.78. The third-order valence-corrected chi connectivity index (χ3v) is 4.79. The van der Waals surface area contributed by atoms with E-state index in [0.29, 0.717) is 19.2 Å². The van der Waals surface area contributed by atoms with Crippen LogP contribution in [0.15, 0.2) is 42.6 Å². The van der Waals surface area contributed by atoms with E-state index < -0.39 is 5.82 Å². The SMILES string of the molecule is Fc1cnc2nc1NC1CCC(CC1)OC/C=C/COc1cccc(c1)N2. The molecule has 7 heteroatoms. The van der Waals surface area contributed by atoms with Gasteiger partial charge in [-0.3, -0.25) is 0 Å². The molecule has 5 rings (SSSR count). The molecule has 0 amide bonds. The van der Waals surface area contributed by atoms with Crippen LogP contribution >= 0.6 is 0 Å². The standard InChI is InChI=1S/C20H23FN4O2/c21-18-13-22-20-24-15-4-3-5-17(12-15)27-11-2-1-10-26-16-8-6-14(7-9-16)23-19(18)25-20/h1-5,12-14,16H,6-11H2,(H2,22,23,24,25)/b2-1+. The van der Waals surface area contributed by atoms with Crippen LogP contribution in [-0.4, -0.2) is 35.3 Å². The van der Waals surface area contributed by atoms with Crippen molar-refractivity contribution in [3.05, 3.63) is 48.4 Å². The summed E-state index contributed by atoms with van der Waals surface area (Å²) in [6.07, 6.45) is 9.13. The summed E-state index contributed by atoms with van der Waals surface area (Å²) in [5.41, 5.74) is 0.777. The van der Waals surface area contributed by atoms with Crippen molar-refractivity contribution < 1.29 is 13.9 Å². The van der Waals surface area contributed by atoms with Gasteiger partial charge in [-0.1, -0.05) is 12.1 Å². The average molecular weight is 370 g/mol. The highest BCUT2D eigenvalue weighted by molar-refractivity contribution is 5.57. The first kappa shape index (κ1) is 17.7. The molecule has 0 radical (unpaired) electrons. The third-order valence-electron chi connectivity index (χ3n) is 4.79. The van der Waals surface area contributed by atoms with Gasteiger partial charge in [0.15, 0.2) is 11.6 Å². The summed E-state index contributed by atoms with van der Waals surface area (Å²) in [5.74, 6) is 0.851. The van der Waals surface area contributed by atoms with Gasteiger partial charge in [-0.05, 0) is 43.9 Å². The highest BCUT2D eigenvalue weighted by Gasteiger charge is 2.22. The molecule has 1 aliphatic carbocycles. The molecule has 0 saturated heterocycles. The van der Waals surface area contributed by atoms with Crippen molar-refractivity contribution >= 4 is 17.5 Å². The minimum absolute atomic E-state index is 0.188. The van der Waals surface area contributed by atoms with Crippen LogP contribution in [0, 0.1) is 5.82 Å². The summed E-state index contributed by atoms with van der Waals surface area (Å²) >= 11 is 0. The molecule has 2 aromatic rings. The van der Waals surface area contributed by atoms with E-state index in [1.807, 2.05) is 36.4 Å². The molecule has 6 nitrogen and oxygen atoms in total. The Morgan fingerprint density at radius 2 is 1.93 bits per heavy atom. The Morgan fingerprint density at radius 1 is 1.07 bits per heavy atom. The van der Waals surface area contributed by atoms with Crippen molar-refractivity contribution in [3.63, 3.8) is 0 Å². The highest BCUT2D eigenvalue weighted by atomic mass is 19.1. The molecule has 2 aliphatic heterocycles. The Kier molecular flexibility index (Phi) is 5.48. The van der Waals surface area contributed by atoms with Gasteiger partial charge >= 0.3 is 0 Å². The molecule has 0 spiro atoms. The quantitative estimate of drug-likeness (QED) is 0.682. The number of anilines is 3. The topological polar surface area (TPSA) is 68.3 Å². The van der Waals surface area contributed by atoms with Crippen LogP contribution in [0.4, 0.5) is 21.8 Å². The van der Waals surface area contributed by atoms with E-state index in [2.05, 4.69) is 20.6 Å². The summed E-state index contributed by atoms with van der Waals surface area (Å²) in [6.45, 7) is 1.05. The van der Waals surface area contributed by atoms with E-state index in [1.54, 1.807) is 0 Å². The molecule has 1 fully saturated rings. The largest absolute Gasteiger partial charge is 0.489 e. The van der Waals surface area contributed by atoms with E-state index in [9.17, 15) is 4.39 Å². The maximum absolute atomic E-state index is 14.2. The number of hydrogen-bond donors (Lipinski definition) is 2. The molecule has 1 saturated carbocycles. The number of hydrogen-bond acceptors (Lipinski definition) is 6. The number of fused-ring (bicyclic) bond motifs is 6. The van der Waals surface area contributed by atoms with Gasteiger partial charge in [-0.15, -0.1) is 0 Å². The molecule has 142 valence electrons. The fraction of sp³-hybridized carbons (Fsp3) is 0.400. The second kappa shape index (κ2) is 8.35. The Morgan fingerprint density at radius 3 is 2.81 bits per heavy atom. The Labute approximate surface area is 157 Å². The molecule has 3 heterocycles. The van der Waals surface area contributed by atoms with Crippen molar-refractivity contribution in [2.75, 3.05) is 23.8 Å². The first-order valence-corrected chi connectivity index (χ1v) is 9.32. The molecule has 1 aromatic heterocycles. The predicted octanol–water partition coefficient (Wildman–Crippen LogP) is 4.05.